The maximum absolute atomic E-state index is 13.7. The van der Waals surface area contributed by atoms with Gasteiger partial charge < -0.3 is 0 Å². The van der Waals surface area contributed by atoms with E-state index in [0.29, 0.717) is 11.1 Å². The van der Waals surface area contributed by atoms with Crippen LogP contribution in [0.4, 0.5) is 8.78 Å². The van der Waals surface area contributed by atoms with Crippen LogP contribution in [0.25, 0.3) is 0 Å². The fraction of sp³-hybridized carbons (Fsp3) is 0.0769. The first-order chi connectivity index (χ1) is 8.63. The van der Waals surface area contributed by atoms with Crippen LogP contribution >= 0.6 is 11.6 Å². The molecular weight excluding hydrogens is 258 g/mol. The highest BCUT2D eigenvalue weighted by Crippen LogP contribution is 2.26. The van der Waals surface area contributed by atoms with E-state index >= 15 is 0 Å². The van der Waals surface area contributed by atoms with Crippen molar-refractivity contribution in [3.8, 4) is 0 Å². The fourth-order valence-corrected chi connectivity index (χ4v) is 1.96. The molecule has 0 fully saturated rings. The van der Waals surface area contributed by atoms with Crippen molar-refractivity contribution in [2.45, 2.75) is 6.04 Å². The lowest BCUT2D eigenvalue weighted by atomic mass is 9.99. The van der Waals surface area contributed by atoms with Gasteiger partial charge in [0.15, 0.2) is 0 Å². The second-order valence-corrected chi connectivity index (χ2v) is 4.20. The summed E-state index contributed by atoms with van der Waals surface area (Å²) in [6.07, 6.45) is 0. The molecule has 94 valence electrons. The van der Waals surface area contributed by atoms with Gasteiger partial charge in [-0.3, -0.25) is 5.84 Å². The first-order valence-corrected chi connectivity index (χ1v) is 5.66. The van der Waals surface area contributed by atoms with Crippen LogP contribution < -0.4 is 11.3 Å². The van der Waals surface area contributed by atoms with E-state index in [1.807, 2.05) is 0 Å². The molecule has 18 heavy (non-hydrogen) atoms. The molecule has 5 heteroatoms. The lowest BCUT2D eigenvalue weighted by molar-refractivity contribution is 0.559. The minimum Gasteiger partial charge on any atom is -0.271 e. The molecule has 0 radical (unpaired) electrons. The van der Waals surface area contributed by atoms with Crippen LogP contribution in [-0.4, -0.2) is 0 Å². The number of halogens is 3. The summed E-state index contributed by atoms with van der Waals surface area (Å²) in [6, 6.07) is 9.82. The van der Waals surface area contributed by atoms with Gasteiger partial charge in [-0.15, -0.1) is 0 Å². The normalized spacial score (nSPS) is 12.4. The summed E-state index contributed by atoms with van der Waals surface area (Å²) >= 11 is 5.70. The Hall–Kier alpha value is -1.49. The molecule has 3 N–H and O–H groups in total. The van der Waals surface area contributed by atoms with E-state index in [4.69, 9.17) is 17.4 Å². The molecule has 2 nitrogen and oxygen atoms in total. The Bertz CT molecular complexity index is 560. The average Bonchev–Trinajstić information content (AvgIpc) is 2.37. The van der Waals surface area contributed by atoms with Gasteiger partial charge in [0, 0.05) is 5.56 Å². The quantitative estimate of drug-likeness (QED) is 0.663. The number of hydrazine groups is 1. The lowest BCUT2D eigenvalue weighted by Crippen LogP contribution is -2.29. The van der Waals surface area contributed by atoms with Crippen LogP contribution in [0.3, 0.4) is 0 Å². The monoisotopic (exact) mass is 268 g/mol. The smallest absolute Gasteiger partial charge is 0.141 e. The summed E-state index contributed by atoms with van der Waals surface area (Å²) in [5.41, 5.74) is 3.47. The maximum Gasteiger partial charge on any atom is 0.141 e. The van der Waals surface area contributed by atoms with E-state index in [-0.39, 0.29) is 10.8 Å². The first-order valence-electron chi connectivity index (χ1n) is 5.29. The minimum absolute atomic E-state index is 0.0240. The molecule has 0 bridgehead atoms. The molecule has 1 atom stereocenters. The zero-order chi connectivity index (χ0) is 13.1. The van der Waals surface area contributed by atoms with Crippen molar-refractivity contribution in [2.75, 3.05) is 0 Å². The number of hydrogen-bond acceptors (Lipinski definition) is 2. The Balaban J connectivity index is 2.45. The number of benzene rings is 2. The number of nitrogens with one attached hydrogen (secondary N) is 1. The Labute approximate surface area is 108 Å². The predicted octanol–water partition coefficient (Wildman–Crippen LogP) is 3.17. The second-order valence-electron chi connectivity index (χ2n) is 3.79. The molecule has 2 rings (SSSR count). The van der Waals surface area contributed by atoms with Crippen LogP contribution in [0.2, 0.25) is 5.02 Å². The fourth-order valence-electron chi connectivity index (χ4n) is 1.77. The molecule has 0 saturated heterocycles. The molecule has 1 unspecified atom stereocenters. The lowest BCUT2D eigenvalue weighted by Gasteiger charge is -2.17. The highest BCUT2D eigenvalue weighted by molar-refractivity contribution is 6.30. The summed E-state index contributed by atoms with van der Waals surface area (Å²) in [7, 11) is 0. The predicted molar refractivity (Wildman–Crippen MR) is 67.0 cm³/mol. The van der Waals surface area contributed by atoms with Crippen molar-refractivity contribution in [3.05, 3.63) is 70.2 Å². The van der Waals surface area contributed by atoms with E-state index in [2.05, 4.69) is 5.43 Å². The van der Waals surface area contributed by atoms with Crippen LogP contribution in [-0.2, 0) is 0 Å². The maximum atomic E-state index is 13.7. The Kier molecular flexibility index (Phi) is 3.91. The van der Waals surface area contributed by atoms with Gasteiger partial charge in [-0.25, -0.2) is 14.2 Å². The summed E-state index contributed by atoms with van der Waals surface area (Å²) in [6.45, 7) is 0. The van der Waals surface area contributed by atoms with Gasteiger partial charge in [0.25, 0.3) is 0 Å². The molecule has 0 aliphatic rings. The molecule has 2 aromatic carbocycles. The van der Waals surface area contributed by atoms with Crippen molar-refractivity contribution >= 4 is 11.6 Å². The summed E-state index contributed by atoms with van der Waals surface area (Å²) < 4.78 is 26.8. The van der Waals surface area contributed by atoms with E-state index < -0.39 is 11.9 Å². The molecule has 0 saturated carbocycles. The van der Waals surface area contributed by atoms with Gasteiger partial charge >= 0.3 is 0 Å². The third-order valence-electron chi connectivity index (χ3n) is 2.66. The largest absolute Gasteiger partial charge is 0.271 e. The highest BCUT2D eigenvalue weighted by atomic mass is 35.5. The standard InChI is InChI=1S/C13H11ClF2N2/c14-10-7-8(5-6-12(10)16)13(18-17)9-3-1-2-4-11(9)15/h1-7,13,18H,17H2. The summed E-state index contributed by atoms with van der Waals surface area (Å²) in [5, 5.41) is -0.0240. The minimum atomic E-state index is -0.579. The molecule has 0 heterocycles. The van der Waals surface area contributed by atoms with Gasteiger partial charge in [0.2, 0.25) is 0 Å². The van der Waals surface area contributed by atoms with E-state index in [0.717, 1.165) is 0 Å². The van der Waals surface area contributed by atoms with Crippen molar-refractivity contribution in [2.24, 2.45) is 5.84 Å². The van der Waals surface area contributed by atoms with Crippen LogP contribution in [0.1, 0.15) is 17.2 Å². The Morgan fingerprint density at radius 2 is 1.78 bits per heavy atom. The van der Waals surface area contributed by atoms with E-state index in [1.54, 1.807) is 18.2 Å². The van der Waals surface area contributed by atoms with Crippen LogP contribution in [0, 0.1) is 11.6 Å². The van der Waals surface area contributed by atoms with Crippen molar-refractivity contribution in [1.29, 1.82) is 0 Å². The van der Waals surface area contributed by atoms with Crippen LogP contribution in [0.15, 0.2) is 42.5 Å². The summed E-state index contributed by atoms with van der Waals surface area (Å²) in [5.74, 6) is 4.53. The number of rotatable bonds is 3. The molecule has 0 aliphatic carbocycles. The highest BCUT2D eigenvalue weighted by Gasteiger charge is 2.17. The van der Waals surface area contributed by atoms with Gasteiger partial charge in [-0.05, 0) is 23.8 Å². The SMILES string of the molecule is NNC(c1ccc(F)c(Cl)c1)c1ccccc1F. The average molecular weight is 269 g/mol. The third kappa shape index (κ3) is 2.51. The van der Waals surface area contributed by atoms with E-state index in [9.17, 15) is 8.78 Å². The van der Waals surface area contributed by atoms with Crippen molar-refractivity contribution < 1.29 is 8.78 Å². The first kappa shape index (κ1) is 13.0. The molecule has 0 aromatic heterocycles. The molecule has 0 spiro atoms. The molecule has 0 amide bonds. The van der Waals surface area contributed by atoms with Crippen LogP contribution in [0.5, 0.6) is 0 Å². The van der Waals surface area contributed by atoms with Crippen molar-refractivity contribution in [3.63, 3.8) is 0 Å². The third-order valence-corrected chi connectivity index (χ3v) is 2.95. The topological polar surface area (TPSA) is 38.0 Å². The van der Waals surface area contributed by atoms with Gasteiger partial charge in [0.1, 0.15) is 11.6 Å². The van der Waals surface area contributed by atoms with E-state index in [1.165, 1.54) is 24.3 Å². The zero-order valence-corrected chi connectivity index (χ0v) is 10.1. The Morgan fingerprint density at radius 3 is 2.39 bits per heavy atom. The van der Waals surface area contributed by atoms with Crippen molar-refractivity contribution in [1.82, 2.24) is 5.43 Å². The van der Waals surface area contributed by atoms with Gasteiger partial charge in [-0.1, -0.05) is 35.9 Å². The second kappa shape index (κ2) is 5.44. The van der Waals surface area contributed by atoms with Gasteiger partial charge in [0.05, 0.1) is 11.1 Å². The Morgan fingerprint density at radius 1 is 1.06 bits per heavy atom. The molecule has 2 aromatic rings. The molecule has 0 aliphatic heterocycles. The molecular formula is C13H11ClF2N2. The zero-order valence-electron chi connectivity index (χ0n) is 9.33. The van der Waals surface area contributed by atoms with Gasteiger partial charge in [-0.2, -0.15) is 0 Å². The number of hydrogen-bond donors (Lipinski definition) is 2. The summed E-state index contributed by atoms with van der Waals surface area (Å²) in [4.78, 5) is 0. The number of nitrogens with two attached hydrogens (primary N) is 1.